The number of hydrogen-bond acceptors (Lipinski definition) is 5. The molecule has 0 atom stereocenters. The van der Waals surface area contributed by atoms with Gasteiger partial charge >= 0.3 is 12.1 Å². The number of aromatic nitrogens is 4. The number of aryl methyl sites for hydroxylation is 4. The Morgan fingerprint density at radius 3 is 2.54 bits per heavy atom. The highest BCUT2D eigenvalue weighted by molar-refractivity contribution is 6.04. The Labute approximate surface area is 233 Å². The number of alkyl halides is 3. The van der Waals surface area contributed by atoms with Crippen LogP contribution in [-0.2, 0) is 23.8 Å². The highest BCUT2D eigenvalue weighted by Gasteiger charge is 2.32. The van der Waals surface area contributed by atoms with Crippen molar-refractivity contribution in [1.82, 2.24) is 19.5 Å². The van der Waals surface area contributed by atoms with Crippen molar-refractivity contribution in [3.63, 3.8) is 0 Å². The zero-order valence-electron chi connectivity index (χ0n) is 22.5. The molecule has 1 amide bonds. The van der Waals surface area contributed by atoms with Crippen molar-refractivity contribution in [3.05, 3.63) is 106 Å². The number of carbonyl (C=O) groups is 2. The van der Waals surface area contributed by atoms with Gasteiger partial charge in [-0.2, -0.15) is 13.2 Å². The van der Waals surface area contributed by atoms with Crippen LogP contribution in [0, 0.1) is 13.8 Å². The van der Waals surface area contributed by atoms with Crippen molar-refractivity contribution >= 4 is 28.6 Å². The number of rotatable bonds is 7. The average Bonchev–Trinajstić information content (AvgIpc) is 3.58. The molecular formula is C30H26F3N5O3. The summed E-state index contributed by atoms with van der Waals surface area (Å²) in [7, 11) is 1.31. The Balaban J connectivity index is 1.34. The molecule has 5 rings (SSSR count). The van der Waals surface area contributed by atoms with E-state index in [9.17, 15) is 22.8 Å². The number of nitrogens with one attached hydrogen (secondary N) is 2. The number of fused-ring (bicyclic) bond motifs is 1. The lowest BCUT2D eigenvalue weighted by Gasteiger charge is -2.14. The fourth-order valence-electron chi connectivity index (χ4n) is 4.54. The van der Waals surface area contributed by atoms with Crippen LogP contribution in [0.5, 0.6) is 0 Å². The normalized spacial score (nSPS) is 11.6. The molecule has 0 unspecified atom stereocenters. The number of pyridine rings is 1. The van der Waals surface area contributed by atoms with Crippen LogP contribution in [0.15, 0.2) is 67.3 Å². The maximum Gasteiger partial charge on any atom is 0.416 e. The highest BCUT2D eigenvalue weighted by atomic mass is 19.4. The zero-order valence-corrected chi connectivity index (χ0v) is 22.5. The summed E-state index contributed by atoms with van der Waals surface area (Å²) < 4.78 is 47.1. The number of anilines is 1. The zero-order chi connectivity index (χ0) is 29.3. The Morgan fingerprint density at radius 2 is 1.83 bits per heavy atom. The molecule has 11 heteroatoms. The molecule has 0 fully saturated rings. The fourth-order valence-corrected chi connectivity index (χ4v) is 4.54. The Hall–Kier alpha value is -4.93. The summed E-state index contributed by atoms with van der Waals surface area (Å²) in [4.78, 5) is 36.3. The van der Waals surface area contributed by atoms with Crippen LogP contribution >= 0.6 is 0 Å². The number of esters is 1. The van der Waals surface area contributed by atoms with Gasteiger partial charge in [-0.25, -0.2) is 14.8 Å². The lowest BCUT2D eigenvalue weighted by molar-refractivity contribution is -0.137. The van der Waals surface area contributed by atoms with E-state index in [1.165, 1.54) is 24.1 Å². The fraction of sp³-hybridized carbons (Fsp3) is 0.200. The van der Waals surface area contributed by atoms with Crippen LogP contribution in [-0.4, -0.2) is 38.5 Å². The number of imidazole rings is 1. The van der Waals surface area contributed by atoms with Gasteiger partial charge in [-0.1, -0.05) is 6.07 Å². The molecule has 210 valence electrons. The number of carbonyl (C=O) groups excluding carboxylic acids is 2. The van der Waals surface area contributed by atoms with Gasteiger partial charge in [-0.15, -0.1) is 0 Å². The van der Waals surface area contributed by atoms with E-state index < -0.39 is 23.6 Å². The SMILES string of the molecule is COC(=O)c1cc2cc(CCc3cc(NC(=O)c4cc(-n5cnc(C)c5)cc(C(F)(F)F)c4)ccc3C)cnc2[nH]1. The van der Waals surface area contributed by atoms with Gasteiger partial charge in [0.05, 0.1) is 24.7 Å². The number of ether oxygens (including phenoxy) is 1. The predicted molar refractivity (Wildman–Crippen MR) is 147 cm³/mol. The molecule has 0 bridgehead atoms. The molecule has 0 aliphatic carbocycles. The third-order valence-corrected chi connectivity index (χ3v) is 6.74. The van der Waals surface area contributed by atoms with E-state index in [0.717, 1.165) is 34.2 Å². The van der Waals surface area contributed by atoms with Gasteiger partial charge in [-0.3, -0.25) is 4.79 Å². The Kier molecular flexibility index (Phi) is 7.36. The average molecular weight is 562 g/mol. The third kappa shape index (κ3) is 6.13. The van der Waals surface area contributed by atoms with Gasteiger partial charge in [0, 0.05) is 34.7 Å². The molecule has 2 aromatic carbocycles. The molecule has 2 N–H and O–H groups in total. The van der Waals surface area contributed by atoms with Crippen LogP contribution in [0.25, 0.3) is 16.7 Å². The van der Waals surface area contributed by atoms with Crippen LogP contribution in [0.3, 0.4) is 0 Å². The maximum absolute atomic E-state index is 13.6. The summed E-state index contributed by atoms with van der Waals surface area (Å²) in [5.74, 6) is -1.13. The van der Waals surface area contributed by atoms with E-state index >= 15 is 0 Å². The second kappa shape index (κ2) is 10.9. The molecule has 0 saturated heterocycles. The summed E-state index contributed by atoms with van der Waals surface area (Å²) in [6.07, 6.45) is 1.36. The second-order valence-electron chi connectivity index (χ2n) is 9.74. The Morgan fingerprint density at radius 1 is 1.02 bits per heavy atom. The molecule has 0 spiro atoms. The standard InChI is InChI=1S/C30H26F3N5O3/c1-17-4-7-24(10-20(17)6-5-19-8-21-12-26(29(40)41-3)37-27(21)34-14-19)36-28(39)22-9-23(30(31,32)33)13-25(11-22)38-15-18(2)35-16-38/h4,7-16H,5-6H2,1-3H3,(H,34,37)(H,36,39). The minimum Gasteiger partial charge on any atom is -0.464 e. The van der Waals surface area contributed by atoms with Gasteiger partial charge in [-0.05, 0) is 85.8 Å². The Bertz CT molecular complexity index is 1770. The molecule has 5 aromatic rings. The van der Waals surface area contributed by atoms with E-state index in [4.69, 9.17) is 4.74 Å². The summed E-state index contributed by atoms with van der Waals surface area (Å²) in [6, 6.07) is 12.2. The van der Waals surface area contributed by atoms with Crippen LogP contribution < -0.4 is 5.32 Å². The number of halogens is 3. The van der Waals surface area contributed by atoms with E-state index in [1.807, 2.05) is 25.1 Å². The highest BCUT2D eigenvalue weighted by Crippen LogP contribution is 2.32. The van der Waals surface area contributed by atoms with Crippen molar-refractivity contribution < 1.29 is 27.5 Å². The molecular weight excluding hydrogens is 535 g/mol. The smallest absolute Gasteiger partial charge is 0.416 e. The summed E-state index contributed by atoms with van der Waals surface area (Å²) in [5, 5.41) is 3.52. The van der Waals surface area contributed by atoms with Gasteiger partial charge in [0.1, 0.15) is 11.3 Å². The van der Waals surface area contributed by atoms with E-state index in [2.05, 4.69) is 20.3 Å². The first-order valence-electron chi connectivity index (χ1n) is 12.7. The first kappa shape index (κ1) is 27.6. The second-order valence-corrected chi connectivity index (χ2v) is 9.74. The third-order valence-electron chi connectivity index (χ3n) is 6.74. The summed E-state index contributed by atoms with van der Waals surface area (Å²) >= 11 is 0. The molecule has 41 heavy (non-hydrogen) atoms. The minimum atomic E-state index is -4.63. The number of amides is 1. The number of methoxy groups -OCH3 is 1. The first-order valence-corrected chi connectivity index (χ1v) is 12.7. The molecule has 3 aromatic heterocycles. The minimum absolute atomic E-state index is 0.125. The van der Waals surface area contributed by atoms with Crippen molar-refractivity contribution in [3.8, 4) is 5.69 Å². The van der Waals surface area contributed by atoms with E-state index in [0.29, 0.717) is 35.6 Å². The number of aromatic amines is 1. The molecule has 8 nitrogen and oxygen atoms in total. The molecule has 0 aliphatic heterocycles. The lowest BCUT2D eigenvalue weighted by atomic mass is 10.00. The summed E-state index contributed by atoms with van der Waals surface area (Å²) in [6.45, 7) is 3.67. The van der Waals surface area contributed by atoms with Crippen LogP contribution in [0.4, 0.5) is 18.9 Å². The lowest BCUT2D eigenvalue weighted by Crippen LogP contribution is -2.15. The van der Waals surface area contributed by atoms with Gasteiger partial charge in [0.15, 0.2) is 0 Å². The quantitative estimate of drug-likeness (QED) is 0.230. The molecule has 0 saturated carbocycles. The van der Waals surface area contributed by atoms with E-state index in [-0.39, 0.29) is 11.3 Å². The van der Waals surface area contributed by atoms with Gasteiger partial charge in [0.2, 0.25) is 0 Å². The van der Waals surface area contributed by atoms with Crippen LogP contribution in [0.1, 0.15) is 48.8 Å². The molecule has 3 heterocycles. The topological polar surface area (TPSA) is 102 Å². The van der Waals surface area contributed by atoms with Crippen LogP contribution in [0.2, 0.25) is 0 Å². The van der Waals surface area contributed by atoms with Gasteiger partial charge in [0.25, 0.3) is 5.91 Å². The van der Waals surface area contributed by atoms with Crippen molar-refractivity contribution in [2.75, 3.05) is 12.4 Å². The van der Waals surface area contributed by atoms with Crippen molar-refractivity contribution in [1.29, 1.82) is 0 Å². The predicted octanol–water partition coefficient (Wildman–Crippen LogP) is 6.21. The number of benzene rings is 2. The molecule has 0 radical (unpaired) electrons. The van der Waals surface area contributed by atoms with E-state index in [1.54, 1.807) is 31.5 Å². The van der Waals surface area contributed by atoms with Crippen molar-refractivity contribution in [2.24, 2.45) is 0 Å². The van der Waals surface area contributed by atoms with Crippen molar-refractivity contribution in [2.45, 2.75) is 32.9 Å². The van der Waals surface area contributed by atoms with Gasteiger partial charge < -0.3 is 19.6 Å². The monoisotopic (exact) mass is 561 g/mol. The largest absolute Gasteiger partial charge is 0.464 e. The number of hydrogen-bond donors (Lipinski definition) is 2. The number of H-pyrrole nitrogens is 1. The summed E-state index contributed by atoms with van der Waals surface area (Å²) in [5.41, 5.74) is 4.05. The molecule has 0 aliphatic rings. The first-order chi connectivity index (χ1) is 19.5. The maximum atomic E-state index is 13.6. The number of nitrogens with zero attached hydrogens (tertiary/aromatic N) is 3.